The third-order valence-corrected chi connectivity index (χ3v) is 1.57. The minimum absolute atomic E-state index is 0.558. The third-order valence-electron chi connectivity index (χ3n) is 1.57. The van der Waals surface area contributed by atoms with Crippen molar-refractivity contribution < 1.29 is 0 Å². The van der Waals surface area contributed by atoms with E-state index < -0.39 is 11.1 Å². The molecule has 0 saturated heterocycles. The van der Waals surface area contributed by atoms with E-state index in [0.29, 0.717) is 10.7 Å². The lowest BCUT2D eigenvalue weighted by Crippen LogP contribution is -2.46. The standard InChI is InChI=1S/C9H10N2O2/c1-3-5-7-6(4-2)10-8(12)9(13)11-7/h3-5H,1H2,2H3,(H,10,12)(H,11,13). The smallest absolute Gasteiger partial charge is 0.314 e. The van der Waals surface area contributed by atoms with E-state index in [0.717, 1.165) is 0 Å². The number of aromatic amines is 2. The molecule has 1 rings (SSSR count). The van der Waals surface area contributed by atoms with Gasteiger partial charge in [-0.3, -0.25) is 9.59 Å². The van der Waals surface area contributed by atoms with Gasteiger partial charge in [0.05, 0.1) is 10.7 Å². The number of hydrogen-bond donors (Lipinski definition) is 2. The molecule has 13 heavy (non-hydrogen) atoms. The van der Waals surface area contributed by atoms with Crippen molar-refractivity contribution >= 4 is 12.2 Å². The highest BCUT2D eigenvalue weighted by Crippen LogP contribution is 1.59. The maximum atomic E-state index is 10.9. The Morgan fingerprint density at radius 3 is 2.15 bits per heavy atom. The summed E-state index contributed by atoms with van der Waals surface area (Å²) in [5.41, 5.74) is -1.30. The van der Waals surface area contributed by atoms with Gasteiger partial charge in [-0.1, -0.05) is 18.7 Å². The van der Waals surface area contributed by atoms with Crippen LogP contribution in [-0.2, 0) is 0 Å². The van der Waals surface area contributed by atoms with Gasteiger partial charge in [-0.05, 0) is 13.0 Å². The van der Waals surface area contributed by atoms with Crippen molar-refractivity contribution in [2.45, 2.75) is 6.92 Å². The van der Waals surface area contributed by atoms with Gasteiger partial charge in [0.1, 0.15) is 0 Å². The van der Waals surface area contributed by atoms with E-state index in [4.69, 9.17) is 0 Å². The first kappa shape index (κ1) is 9.25. The van der Waals surface area contributed by atoms with E-state index in [1.165, 1.54) is 6.08 Å². The second kappa shape index (κ2) is 3.71. The van der Waals surface area contributed by atoms with Gasteiger partial charge in [-0.15, -0.1) is 0 Å². The van der Waals surface area contributed by atoms with Gasteiger partial charge >= 0.3 is 11.1 Å². The first-order valence-corrected chi connectivity index (χ1v) is 3.80. The second-order valence-electron chi connectivity index (χ2n) is 2.43. The number of allylic oxidation sites excluding steroid dienone is 1. The third kappa shape index (κ3) is 1.84. The molecule has 4 heteroatoms. The van der Waals surface area contributed by atoms with E-state index >= 15 is 0 Å². The van der Waals surface area contributed by atoms with Crippen LogP contribution in [-0.4, -0.2) is 9.97 Å². The zero-order valence-corrected chi connectivity index (χ0v) is 7.26. The molecular weight excluding hydrogens is 168 g/mol. The van der Waals surface area contributed by atoms with Gasteiger partial charge < -0.3 is 9.97 Å². The zero-order chi connectivity index (χ0) is 9.84. The Bertz CT molecular complexity index is 534. The molecule has 0 unspecified atom stereocenters. The summed E-state index contributed by atoms with van der Waals surface area (Å²) in [4.78, 5) is 26.7. The van der Waals surface area contributed by atoms with E-state index in [1.54, 1.807) is 19.1 Å². The van der Waals surface area contributed by atoms with E-state index in [9.17, 15) is 9.59 Å². The molecule has 2 N–H and O–H groups in total. The average molecular weight is 178 g/mol. The highest BCUT2D eigenvalue weighted by Gasteiger charge is 1.91. The first-order chi connectivity index (χ1) is 6.19. The zero-order valence-electron chi connectivity index (χ0n) is 7.26. The van der Waals surface area contributed by atoms with Crippen LogP contribution in [0.1, 0.15) is 6.92 Å². The molecule has 0 radical (unpaired) electrons. The molecule has 0 aliphatic rings. The predicted molar refractivity (Wildman–Crippen MR) is 51.7 cm³/mol. The Morgan fingerprint density at radius 1 is 1.15 bits per heavy atom. The van der Waals surface area contributed by atoms with Crippen LogP contribution >= 0.6 is 0 Å². The molecule has 68 valence electrons. The van der Waals surface area contributed by atoms with Crippen LogP contribution in [0.15, 0.2) is 22.2 Å². The summed E-state index contributed by atoms with van der Waals surface area (Å²) in [6, 6.07) is 0. The van der Waals surface area contributed by atoms with Crippen molar-refractivity contribution in [3.63, 3.8) is 0 Å². The summed E-state index contributed by atoms with van der Waals surface area (Å²) in [5.74, 6) is 0. The summed E-state index contributed by atoms with van der Waals surface area (Å²) in [7, 11) is 0. The highest BCUT2D eigenvalue weighted by atomic mass is 16.2. The van der Waals surface area contributed by atoms with Crippen molar-refractivity contribution in [3.8, 4) is 0 Å². The van der Waals surface area contributed by atoms with Gasteiger partial charge in [0, 0.05) is 0 Å². The Hall–Kier alpha value is -1.84. The van der Waals surface area contributed by atoms with Crippen LogP contribution in [0.25, 0.3) is 12.2 Å². The Labute approximate surface area is 73.9 Å². The normalized spacial score (nSPS) is 13.3. The molecule has 1 aromatic rings. The van der Waals surface area contributed by atoms with Gasteiger partial charge in [-0.25, -0.2) is 0 Å². The van der Waals surface area contributed by atoms with Crippen LogP contribution in [0.2, 0.25) is 0 Å². The van der Waals surface area contributed by atoms with Crippen LogP contribution in [0.3, 0.4) is 0 Å². The van der Waals surface area contributed by atoms with Gasteiger partial charge in [0.15, 0.2) is 0 Å². The van der Waals surface area contributed by atoms with Crippen molar-refractivity contribution in [2.24, 2.45) is 0 Å². The Kier molecular flexibility index (Phi) is 2.64. The molecule has 0 aromatic carbocycles. The lowest BCUT2D eigenvalue weighted by atomic mass is 10.4. The van der Waals surface area contributed by atoms with Crippen molar-refractivity contribution in [1.29, 1.82) is 0 Å². The maximum absolute atomic E-state index is 10.9. The molecular formula is C9H10N2O2. The maximum Gasteiger partial charge on any atom is 0.314 e. The van der Waals surface area contributed by atoms with Crippen LogP contribution in [0.5, 0.6) is 0 Å². The number of rotatable bonds is 1. The highest BCUT2D eigenvalue weighted by molar-refractivity contribution is 5.33. The quantitative estimate of drug-likeness (QED) is 0.532. The van der Waals surface area contributed by atoms with E-state index in [-0.39, 0.29) is 0 Å². The van der Waals surface area contributed by atoms with E-state index in [2.05, 4.69) is 16.5 Å². The summed E-state index contributed by atoms with van der Waals surface area (Å²) < 4.78 is 0. The van der Waals surface area contributed by atoms with Gasteiger partial charge in [0.25, 0.3) is 0 Å². The van der Waals surface area contributed by atoms with E-state index in [1.807, 2.05) is 0 Å². The van der Waals surface area contributed by atoms with Gasteiger partial charge in [-0.2, -0.15) is 0 Å². The fourth-order valence-corrected chi connectivity index (χ4v) is 0.970. The summed E-state index contributed by atoms with van der Waals surface area (Å²) in [6.07, 6.45) is 4.86. The van der Waals surface area contributed by atoms with Crippen LogP contribution < -0.4 is 21.8 Å². The summed E-state index contributed by atoms with van der Waals surface area (Å²) in [6.45, 7) is 5.27. The number of aromatic nitrogens is 2. The Balaban J connectivity index is 3.83. The lowest BCUT2D eigenvalue weighted by molar-refractivity contribution is 1.00. The summed E-state index contributed by atoms with van der Waals surface area (Å²) in [5, 5.41) is 1.15. The fourth-order valence-electron chi connectivity index (χ4n) is 0.970. The molecule has 0 aliphatic heterocycles. The minimum atomic E-state index is -0.654. The van der Waals surface area contributed by atoms with Crippen molar-refractivity contribution in [1.82, 2.24) is 9.97 Å². The monoisotopic (exact) mass is 178 g/mol. The minimum Gasteiger partial charge on any atom is -0.316 e. The topological polar surface area (TPSA) is 65.7 Å². The fraction of sp³-hybridized carbons (Fsp3) is 0.111. The van der Waals surface area contributed by atoms with Crippen molar-refractivity contribution in [3.05, 3.63) is 44.1 Å². The largest absolute Gasteiger partial charge is 0.316 e. The van der Waals surface area contributed by atoms with Gasteiger partial charge in [0.2, 0.25) is 0 Å². The molecule has 4 nitrogen and oxygen atoms in total. The molecule has 0 fully saturated rings. The number of H-pyrrole nitrogens is 2. The van der Waals surface area contributed by atoms with Crippen LogP contribution in [0, 0.1) is 0 Å². The lowest BCUT2D eigenvalue weighted by Gasteiger charge is -1.87. The average Bonchev–Trinajstić information content (AvgIpc) is 2.11. The molecule has 0 saturated carbocycles. The first-order valence-electron chi connectivity index (χ1n) is 3.80. The molecule has 1 aromatic heterocycles. The molecule has 0 aliphatic carbocycles. The molecule has 0 amide bonds. The SMILES string of the molecule is C=CC=c1[nH]c(=O)c(=O)[nH]c1=CC. The predicted octanol–water partition coefficient (Wildman–Crippen LogP) is -1.17. The number of nitrogens with one attached hydrogen (secondary N) is 2. The Morgan fingerprint density at radius 2 is 1.69 bits per heavy atom. The van der Waals surface area contributed by atoms with Crippen LogP contribution in [0.4, 0.5) is 0 Å². The molecule has 0 spiro atoms. The molecule has 0 bridgehead atoms. The van der Waals surface area contributed by atoms with Crippen molar-refractivity contribution in [2.75, 3.05) is 0 Å². The second-order valence-corrected chi connectivity index (χ2v) is 2.43. The molecule has 1 heterocycles. The number of hydrogen-bond acceptors (Lipinski definition) is 2. The molecule has 0 atom stereocenters. The summed E-state index contributed by atoms with van der Waals surface area (Å²) >= 11 is 0.